The fourth-order valence-corrected chi connectivity index (χ4v) is 3.14. The van der Waals surface area contributed by atoms with Gasteiger partial charge in [0, 0.05) is 24.3 Å². The van der Waals surface area contributed by atoms with Gasteiger partial charge in [-0.15, -0.1) is 0 Å². The van der Waals surface area contributed by atoms with Crippen molar-refractivity contribution in [2.75, 3.05) is 0 Å². The molecular formula is C19H21F3N2O. The molecule has 0 bridgehead atoms. The van der Waals surface area contributed by atoms with E-state index in [1.54, 1.807) is 12.3 Å². The molecule has 1 aliphatic rings. The predicted molar refractivity (Wildman–Crippen MR) is 89.4 cm³/mol. The summed E-state index contributed by atoms with van der Waals surface area (Å²) in [4.78, 5) is 4.18. The van der Waals surface area contributed by atoms with Gasteiger partial charge in [0.15, 0.2) is 0 Å². The number of alkyl halides is 3. The molecule has 3 nitrogen and oxygen atoms in total. The molecule has 2 atom stereocenters. The minimum atomic E-state index is -4.40. The van der Waals surface area contributed by atoms with E-state index in [1.165, 1.54) is 18.6 Å². The van der Waals surface area contributed by atoms with Gasteiger partial charge in [0.25, 0.3) is 0 Å². The fraction of sp³-hybridized carbons (Fsp3) is 0.421. The van der Waals surface area contributed by atoms with Crippen molar-refractivity contribution in [2.24, 2.45) is 5.92 Å². The summed E-state index contributed by atoms with van der Waals surface area (Å²) in [6.07, 6.45) is 0.685. The zero-order valence-electron chi connectivity index (χ0n) is 14.0. The van der Waals surface area contributed by atoms with Gasteiger partial charge < -0.3 is 10.1 Å². The standard InChI is InChI=1S/C19H21F3N2O/c1-13-7-8-16(10-13)24-12-14-4-3-9-23-18(14)25-17-6-2-5-15(11-17)19(20,21)22/h2-6,9,11,13,16,24H,7-8,10,12H2,1H3. The largest absolute Gasteiger partial charge is 0.439 e. The molecule has 1 aromatic heterocycles. The Bertz CT molecular complexity index is 718. The lowest BCUT2D eigenvalue weighted by Gasteiger charge is -2.15. The van der Waals surface area contributed by atoms with Crippen LogP contribution in [0.2, 0.25) is 0 Å². The lowest BCUT2D eigenvalue weighted by molar-refractivity contribution is -0.137. The lowest BCUT2D eigenvalue weighted by Crippen LogP contribution is -2.26. The van der Waals surface area contributed by atoms with Crippen LogP contribution in [0.25, 0.3) is 0 Å². The molecule has 1 fully saturated rings. The molecule has 0 radical (unpaired) electrons. The monoisotopic (exact) mass is 350 g/mol. The minimum Gasteiger partial charge on any atom is -0.439 e. The maximum atomic E-state index is 12.8. The van der Waals surface area contributed by atoms with Crippen LogP contribution < -0.4 is 10.1 Å². The molecule has 1 saturated carbocycles. The van der Waals surface area contributed by atoms with Crippen LogP contribution in [-0.2, 0) is 12.7 Å². The van der Waals surface area contributed by atoms with E-state index in [2.05, 4.69) is 17.2 Å². The Hall–Kier alpha value is -2.08. The Kier molecular flexibility index (Phi) is 5.27. The van der Waals surface area contributed by atoms with E-state index < -0.39 is 11.7 Å². The molecule has 0 saturated heterocycles. The molecular weight excluding hydrogens is 329 g/mol. The molecule has 2 unspecified atom stereocenters. The van der Waals surface area contributed by atoms with Crippen LogP contribution in [0, 0.1) is 5.92 Å². The Morgan fingerprint density at radius 2 is 2.04 bits per heavy atom. The number of nitrogens with one attached hydrogen (secondary N) is 1. The number of hydrogen-bond acceptors (Lipinski definition) is 3. The first kappa shape index (κ1) is 17.7. The van der Waals surface area contributed by atoms with E-state index in [0.717, 1.165) is 36.5 Å². The smallest absolute Gasteiger partial charge is 0.416 e. The van der Waals surface area contributed by atoms with E-state index >= 15 is 0 Å². The summed E-state index contributed by atoms with van der Waals surface area (Å²) in [5.74, 6) is 1.19. The highest BCUT2D eigenvalue weighted by atomic mass is 19.4. The van der Waals surface area contributed by atoms with E-state index in [1.807, 2.05) is 6.07 Å². The SMILES string of the molecule is CC1CCC(NCc2cccnc2Oc2cccc(C(F)(F)F)c2)C1. The number of pyridine rings is 1. The molecule has 1 heterocycles. The summed E-state index contributed by atoms with van der Waals surface area (Å²) in [5.41, 5.74) is 0.0972. The third kappa shape index (κ3) is 4.72. The number of rotatable bonds is 5. The molecule has 1 aromatic carbocycles. The first-order chi connectivity index (χ1) is 11.9. The molecule has 1 aliphatic carbocycles. The van der Waals surface area contributed by atoms with Crippen molar-refractivity contribution in [1.82, 2.24) is 10.3 Å². The summed E-state index contributed by atoms with van der Waals surface area (Å²) in [6, 6.07) is 8.99. The second kappa shape index (κ2) is 7.44. The van der Waals surface area contributed by atoms with Crippen molar-refractivity contribution in [1.29, 1.82) is 0 Å². The Balaban J connectivity index is 1.71. The number of benzene rings is 1. The fourth-order valence-electron chi connectivity index (χ4n) is 3.14. The maximum absolute atomic E-state index is 12.8. The predicted octanol–water partition coefficient (Wildman–Crippen LogP) is 5.17. The first-order valence-corrected chi connectivity index (χ1v) is 8.44. The van der Waals surface area contributed by atoms with Crippen molar-refractivity contribution >= 4 is 0 Å². The van der Waals surface area contributed by atoms with Crippen molar-refractivity contribution in [3.63, 3.8) is 0 Å². The normalized spacial score (nSPS) is 20.6. The zero-order chi connectivity index (χ0) is 17.9. The van der Waals surface area contributed by atoms with Gasteiger partial charge in [-0.1, -0.05) is 19.1 Å². The molecule has 6 heteroatoms. The number of hydrogen-bond donors (Lipinski definition) is 1. The van der Waals surface area contributed by atoms with Gasteiger partial charge in [0.2, 0.25) is 5.88 Å². The molecule has 0 amide bonds. The van der Waals surface area contributed by atoms with Gasteiger partial charge in [0.05, 0.1) is 5.56 Å². The second-order valence-corrected chi connectivity index (χ2v) is 6.59. The van der Waals surface area contributed by atoms with E-state index in [4.69, 9.17) is 4.74 Å². The Morgan fingerprint density at radius 1 is 1.20 bits per heavy atom. The summed E-state index contributed by atoms with van der Waals surface area (Å²) in [6.45, 7) is 2.83. The van der Waals surface area contributed by atoms with E-state index in [9.17, 15) is 13.2 Å². The molecule has 2 aromatic rings. The third-order valence-electron chi connectivity index (χ3n) is 4.50. The molecule has 25 heavy (non-hydrogen) atoms. The summed E-state index contributed by atoms with van der Waals surface area (Å²) in [5, 5.41) is 3.49. The zero-order valence-corrected chi connectivity index (χ0v) is 14.0. The molecule has 0 spiro atoms. The van der Waals surface area contributed by atoms with Gasteiger partial charge in [0.1, 0.15) is 5.75 Å². The van der Waals surface area contributed by atoms with Crippen LogP contribution >= 0.6 is 0 Å². The summed E-state index contributed by atoms with van der Waals surface area (Å²) >= 11 is 0. The van der Waals surface area contributed by atoms with Crippen LogP contribution in [0.3, 0.4) is 0 Å². The van der Waals surface area contributed by atoms with Crippen LogP contribution in [0.5, 0.6) is 11.6 Å². The first-order valence-electron chi connectivity index (χ1n) is 8.44. The molecule has 3 rings (SSSR count). The Morgan fingerprint density at radius 3 is 2.76 bits per heavy atom. The summed E-state index contributed by atoms with van der Waals surface area (Å²) < 4.78 is 44.1. The van der Waals surface area contributed by atoms with Crippen LogP contribution in [-0.4, -0.2) is 11.0 Å². The van der Waals surface area contributed by atoms with Gasteiger partial charge in [-0.2, -0.15) is 13.2 Å². The van der Waals surface area contributed by atoms with Gasteiger partial charge >= 0.3 is 6.18 Å². The average molecular weight is 350 g/mol. The number of ether oxygens (including phenoxy) is 1. The molecule has 0 aliphatic heterocycles. The van der Waals surface area contributed by atoms with Gasteiger partial charge in [-0.25, -0.2) is 4.98 Å². The number of nitrogens with zero attached hydrogens (tertiary/aromatic N) is 1. The van der Waals surface area contributed by atoms with Gasteiger partial charge in [-0.3, -0.25) is 0 Å². The lowest BCUT2D eigenvalue weighted by atomic mass is 10.1. The highest BCUT2D eigenvalue weighted by Crippen LogP contribution is 2.33. The number of halogens is 3. The third-order valence-corrected chi connectivity index (χ3v) is 4.50. The van der Waals surface area contributed by atoms with E-state index in [0.29, 0.717) is 18.5 Å². The van der Waals surface area contributed by atoms with Crippen molar-refractivity contribution in [2.45, 2.75) is 44.9 Å². The molecule has 134 valence electrons. The number of aromatic nitrogens is 1. The Labute approximate surface area is 145 Å². The summed E-state index contributed by atoms with van der Waals surface area (Å²) in [7, 11) is 0. The maximum Gasteiger partial charge on any atom is 0.416 e. The van der Waals surface area contributed by atoms with Crippen molar-refractivity contribution in [3.05, 3.63) is 53.7 Å². The average Bonchev–Trinajstić information content (AvgIpc) is 2.99. The topological polar surface area (TPSA) is 34.2 Å². The van der Waals surface area contributed by atoms with E-state index in [-0.39, 0.29) is 5.75 Å². The van der Waals surface area contributed by atoms with Gasteiger partial charge in [-0.05, 0) is 49.4 Å². The highest BCUT2D eigenvalue weighted by Gasteiger charge is 2.30. The second-order valence-electron chi connectivity index (χ2n) is 6.59. The van der Waals surface area contributed by atoms with Crippen molar-refractivity contribution < 1.29 is 17.9 Å². The van der Waals surface area contributed by atoms with Crippen molar-refractivity contribution in [3.8, 4) is 11.6 Å². The van der Waals surface area contributed by atoms with Crippen LogP contribution in [0.4, 0.5) is 13.2 Å². The minimum absolute atomic E-state index is 0.129. The van der Waals surface area contributed by atoms with Crippen LogP contribution in [0.1, 0.15) is 37.3 Å². The molecule has 1 N–H and O–H groups in total. The highest BCUT2D eigenvalue weighted by molar-refractivity contribution is 5.35. The quantitative estimate of drug-likeness (QED) is 0.808. The van der Waals surface area contributed by atoms with Crippen LogP contribution in [0.15, 0.2) is 42.6 Å².